The number of halogens is 1. The molecule has 2 aliphatic heterocycles. The lowest BCUT2D eigenvalue weighted by Gasteiger charge is -2.29. The number of hydrogen-bond acceptors (Lipinski definition) is 7. The smallest absolute Gasteiger partial charge is 0.249 e. The normalized spacial score (nSPS) is 24.3. The van der Waals surface area contributed by atoms with Crippen LogP contribution in [0.2, 0.25) is 0 Å². The minimum absolute atomic E-state index is 0.0287. The van der Waals surface area contributed by atoms with Crippen LogP contribution in [0.4, 0.5) is 9.52 Å². The second-order valence-corrected chi connectivity index (χ2v) is 10.2. The van der Waals surface area contributed by atoms with E-state index in [9.17, 15) is 14.0 Å². The van der Waals surface area contributed by atoms with Crippen LogP contribution in [0.1, 0.15) is 25.3 Å². The molecule has 1 aromatic carbocycles. The summed E-state index contributed by atoms with van der Waals surface area (Å²) in [7, 11) is 0. The number of carbonyl (C=O) groups is 2. The third-order valence-corrected chi connectivity index (χ3v) is 8.22. The Morgan fingerprint density at radius 1 is 1.44 bits per heavy atom. The van der Waals surface area contributed by atoms with Gasteiger partial charge in [0.2, 0.25) is 16.9 Å². The van der Waals surface area contributed by atoms with Crippen molar-refractivity contribution in [2.24, 2.45) is 0 Å². The van der Waals surface area contributed by atoms with Crippen LogP contribution in [-0.2, 0) is 15.3 Å². The van der Waals surface area contributed by atoms with Gasteiger partial charge in [0.1, 0.15) is 11.9 Å². The van der Waals surface area contributed by atoms with Crippen molar-refractivity contribution in [3.8, 4) is 0 Å². The van der Waals surface area contributed by atoms with E-state index >= 15 is 0 Å². The minimum Gasteiger partial charge on any atom is -0.315 e. The molecule has 2 atom stereocenters. The molecule has 3 heterocycles. The predicted molar refractivity (Wildman–Crippen MR) is 105 cm³/mol. The van der Waals surface area contributed by atoms with E-state index in [2.05, 4.69) is 15.5 Å². The van der Waals surface area contributed by atoms with Crippen molar-refractivity contribution in [1.82, 2.24) is 15.1 Å². The largest absolute Gasteiger partial charge is 0.315 e. The maximum absolute atomic E-state index is 13.7. The Labute approximate surface area is 168 Å². The number of thioether (sulfide) groups is 2. The Morgan fingerprint density at radius 3 is 3.07 bits per heavy atom. The molecule has 0 bridgehead atoms. The highest BCUT2D eigenvalue weighted by Crippen LogP contribution is 2.47. The van der Waals surface area contributed by atoms with Gasteiger partial charge >= 0.3 is 0 Å². The summed E-state index contributed by atoms with van der Waals surface area (Å²) >= 11 is 4.26. The summed E-state index contributed by atoms with van der Waals surface area (Å²) in [5, 5.41) is 11.2. The Morgan fingerprint density at radius 2 is 2.26 bits per heavy atom. The summed E-state index contributed by atoms with van der Waals surface area (Å²) in [4.78, 5) is 26.2. The van der Waals surface area contributed by atoms with E-state index in [4.69, 9.17) is 0 Å². The van der Waals surface area contributed by atoms with Crippen LogP contribution in [0.3, 0.4) is 0 Å². The van der Waals surface area contributed by atoms with Gasteiger partial charge in [0.05, 0.1) is 4.87 Å². The second-order valence-electron chi connectivity index (χ2n) is 6.51. The van der Waals surface area contributed by atoms with Crippen molar-refractivity contribution in [3.63, 3.8) is 0 Å². The van der Waals surface area contributed by atoms with E-state index in [1.165, 1.54) is 29.2 Å². The molecule has 1 aromatic heterocycles. The fraction of sp³-hybridized carbons (Fsp3) is 0.412. The average Bonchev–Trinajstić information content (AvgIpc) is 3.30. The molecule has 142 valence electrons. The molecule has 10 heteroatoms. The Hall–Kier alpha value is -1.65. The fourth-order valence-electron chi connectivity index (χ4n) is 3.28. The lowest BCUT2D eigenvalue weighted by atomic mass is 10.2. The molecule has 27 heavy (non-hydrogen) atoms. The number of nitrogens with zero attached hydrogens (tertiary/aromatic N) is 3. The first-order valence-electron chi connectivity index (χ1n) is 8.43. The predicted octanol–water partition coefficient (Wildman–Crippen LogP) is 3.36. The van der Waals surface area contributed by atoms with E-state index in [1.54, 1.807) is 34.9 Å². The standard InChI is InChI=1S/C17H17FN4O2S3/c1-17-7-6-13(23)22(17)12(9-26-17)14(24)19-15-20-21-16(27-15)25-8-10-4-2-3-5-11(10)18/h2-5,12H,6-9H2,1H3,(H,19,20,24)/t12-,17-/m1/s1. The van der Waals surface area contributed by atoms with Crippen LogP contribution < -0.4 is 5.32 Å². The monoisotopic (exact) mass is 424 g/mol. The number of nitrogens with one attached hydrogen (secondary N) is 1. The molecule has 0 unspecified atom stereocenters. The third kappa shape index (κ3) is 3.70. The Kier molecular flexibility index (Phi) is 5.13. The van der Waals surface area contributed by atoms with Crippen LogP contribution in [0.25, 0.3) is 0 Å². The number of fused-ring (bicyclic) bond motifs is 1. The second kappa shape index (κ2) is 7.40. The Bertz CT molecular complexity index is 893. The van der Waals surface area contributed by atoms with Crippen LogP contribution in [0, 0.1) is 5.82 Å². The molecule has 2 saturated heterocycles. The summed E-state index contributed by atoms with van der Waals surface area (Å²) in [5.41, 5.74) is 0.595. The van der Waals surface area contributed by atoms with Gasteiger partial charge < -0.3 is 4.90 Å². The van der Waals surface area contributed by atoms with Gasteiger partial charge in [-0.25, -0.2) is 4.39 Å². The van der Waals surface area contributed by atoms with Crippen LogP contribution in [0.5, 0.6) is 0 Å². The lowest BCUT2D eigenvalue weighted by Crippen LogP contribution is -2.48. The van der Waals surface area contributed by atoms with E-state index in [1.807, 2.05) is 6.92 Å². The molecule has 6 nitrogen and oxygen atoms in total. The van der Waals surface area contributed by atoms with Gasteiger partial charge in [-0.1, -0.05) is 41.3 Å². The maximum Gasteiger partial charge on any atom is 0.249 e. The van der Waals surface area contributed by atoms with Crippen LogP contribution in [0.15, 0.2) is 28.6 Å². The molecule has 2 fully saturated rings. The van der Waals surface area contributed by atoms with Gasteiger partial charge in [-0.2, -0.15) is 0 Å². The fourth-order valence-corrected chi connectivity index (χ4v) is 6.45. The highest BCUT2D eigenvalue weighted by Gasteiger charge is 2.52. The molecule has 0 spiro atoms. The summed E-state index contributed by atoms with van der Waals surface area (Å²) < 4.78 is 14.3. The van der Waals surface area contributed by atoms with Crippen LogP contribution >= 0.6 is 34.9 Å². The summed E-state index contributed by atoms with van der Waals surface area (Å²) in [6.45, 7) is 2.01. The van der Waals surface area contributed by atoms with Crippen molar-refractivity contribution < 1.29 is 14.0 Å². The lowest BCUT2D eigenvalue weighted by molar-refractivity contribution is -0.135. The molecule has 0 aliphatic carbocycles. The Balaban J connectivity index is 1.37. The number of carbonyl (C=O) groups excluding carboxylic acids is 2. The molecule has 0 radical (unpaired) electrons. The quantitative estimate of drug-likeness (QED) is 0.586. The zero-order chi connectivity index (χ0) is 19.0. The SMILES string of the molecule is C[C@@]12CCC(=O)N1[C@@H](C(=O)Nc1nnc(SCc3ccccc3F)s1)CS2. The topological polar surface area (TPSA) is 75.2 Å². The summed E-state index contributed by atoms with van der Waals surface area (Å²) in [5.74, 6) is 0.570. The molecule has 1 N–H and O–H groups in total. The maximum atomic E-state index is 13.7. The number of anilines is 1. The van der Waals surface area contributed by atoms with Gasteiger partial charge in [-0.05, 0) is 25.0 Å². The zero-order valence-electron chi connectivity index (χ0n) is 14.5. The van der Waals surface area contributed by atoms with Crippen molar-refractivity contribution in [2.45, 2.75) is 40.8 Å². The number of aromatic nitrogens is 2. The minimum atomic E-state index is -0.478. The van der Waals surface area contributed by atoms with Gasteiger partial charge in [0.15, 0.2) is 4.34 Å². The molecule has 2 aromatic rings. The third-order valence-electron chi connectivity index (χ3n) is 4.69. The number of hydrogen-bond donors (Lipinski definition) is 1. The molecular formula is C17H17FN4O2S3. The van der Waals surface area contributed by atoms with Gasteiger partial charge in [-0.15, -0.1) is 22.0 Å². The van der Waals surface area contributed by atoms with Crippen molar-refractivity contribution in [1.29, 1.82) is 0 Å². The van der Waals surface area contributed by atoms with E-state index in [0.29, 0.717) is 33.0 Å². The van der Waals surface area contributed by atoms with E-state index in [-0.39, 0.29) is 22.5 Å². The van der Waals surface area contributed by atoms with Crippen LogP contribution in [-0.4, -0.2) is 43.6 Å². The molecule has 4 rings (SSSR count). The van der Waals surface area contributed by atoms with Crippen molar-refractivity contribution in [3.05, 3.63) is 35.6 Å². The van der Waals surface area contributed by atoms with Crippen molar-refractivity contribution >= 4 is 51.8 Å². The highest BCUT2D eigenvalue weighted by atomic mass is 32.2. The first-order valence-corrected chi connectivity index (χ1v) is 11.2. The first kappa shape index (κ1) is 18.7. The average molecular weight is 425 g/mol. The first-order chi connectivity index (χ1) is 13.0. The summed E-state index contributed by atoms with van der Waals surface area (Å²) in [6.07, 6.45) is 1.26. The van der Waals surface area contributed by atoms with Gasteiger partial charge in [0.25, 0.3) is 0 Å². The molecule has 0 saturated carbocycles. The molecule has 2 amide bonds. The highest BCUT2D eigenvalue weighted by molar-refractivity contribution is 8.01. The molecular weight excluding hydrogens is 407 g/mol. The number of amides is 2. The number of rotatable bonds is 5. The zero-order valence-corrected chi connectivity index (χ0v) is 16.9. The van der Waals surface area contributed by atoms with E-state index < -0.39 is 6.04 Å². The van der Waals surface area contributed by atoms with Gasteiger partial charge in [-0.3, -0.25) is 14.9 Å². The van der Waals surface area contributed by atoms with Gasteiger partial charge in [0, 0.05) is 17.9 Å². The summed E-state index contributed by atoms with van der Waals surface area (Å²) in [6, 6.07) is 6.12. The number of benzene rings is 1. The van der Waals surface area contributed by atoms with E-state index in [0.717, 1.165) is 6.42 Å². The van der Waals surface area contributed by atoms with Crippen molar-refractivity contribution in [2.75, 3.05) is 11.1 Å². The molecule has 2 aliphatic rings.